The molecule has 0 aromatic carbocycles. The van der Waals surface area contributed by atoms with Crippen LogP contribution in [0.3, 0.4) is 0 Å². The first-order valence-electron chi connectivity index (χ1n) is 6.65. The molecule has 8 heteroatoms. The topological polar surface area (TPSA) is 98.0 Å². The lowest BCUT2D eigenvalue weighted by atomic mass is 10.1. The van der Waals surface area contributed by atoms with Gasteiger partial charge in [0.15, 0.2) is 5.82 Å². The maximum Gasteiger partial charge on any atom is 0.158 e. The second-order valence-corrected chi connectivity index (χ2v) is 5.82. The number of nitrogens with two attached hydrogens (primary N) is 1. The molecule has 0 aliphatic rings. The molecule has 2 heterocycles. The number of rotatable bonds is 7. The third-order valence-corrected chi connectivity index (χ3v) is 3.86. The van der Waals surface area contributed by atoms with Crippen LogP contribution in [-0.4, -0.2) is 21.6 Å². The van der Waals surface area contributed by atoms with Crippen molar-refractivity contribution >= 4 is 23.0 Å². The van der Waals surface area contributed by atoms with E-state index >= 15 is 0 Å². The van der Waals surface area contributed by atoms with E-state index in [-0.39, 0.29) is 5.54 Å². The standard InChI is InChI=1S/C13H20N6OS/c1-4-20-8-11-16-9(7-10(17-11)19-14)18-13(2,3)12-15-5-6-21-12/h5-7H,4,8,14H2,1-3H3,(H2,16,17,18,19). The molecule has 0 radical (unpaired) electrons. The summed E-state index contributed by atoms with van der Waals surface area (Å²) >= 11 is 1.60. The van der Waals surface area contributed by atoms with Crippen molar-refractivity contribution in [3.05, 3.63) is 28.5 Å². The fourth-order valence-electron chi connectivity index (χ4n) is 1.80. The molecule has 2 aromatic heterocycles. The molecule has 0 unspecified atom stereocenters. The Hall–Kier alpha value is -1.77. The highest BCUT2D eigenvalue weighted by molar-refractivity contribution is 7.09. The van der Waals surface area contributed by atoms with Gasteiger partial charge in [-0.2, -0.15) is 0 Å². The molecule has 4 N–H and O–H groups in total. The number of aromatic nitrogens is 3. The van der Waals surface area contributed by atoms with Crippen molar-refractivity contribution in [2.24, 2.45) is 5.84 Å². The molecule has 0 saturated heterocycles. The molecule has 2 rings (SSSR count). The third-order valence-electron chi connectivity index (χ3n) is 2.76. The second kappa shape index (κ2) is 6.79. The summed E-state index contributed by atoms with van der Waals surface area (Å²) in [4.78, 5) is 13.1. The summed E-state index contributed by atoms with van der Waals surface area (Å²) in [6.45, 7) is 6.97. The van der Waals surface area contributed by atoms with Crippen LogP contribution in [0.4, 0.5) is 11.6 Å². The zero-order valence-corrected chi connectivity index (χ0v) is 13.2. The van der Waals surface area contributed by atoms with Gasteiger partial charge in [-0.3, -0.25) is 0 Å². The lowest BCUT2D eigenvalue weighted by molar-refractivity contribution is 0.128. The van der Waals surface area contributed by atoms with Crippen LogP contribution in [0.5, 0.6) is 0 Å². The van der Waals surface area contributed by atoms with E-state index in [0.29, 0.717) is 30.7 Å². The SMILES string of the molecule is CCOCc1nc(NN)cc(NC(C)(C)c2nccs2)n1. The van der Waals surface area contributed by atoms with E-state index in [0.717, 1.165) is 5.01 Å². The molecule has 0 amide bonds. The second-order valence-electron chi connectivity index (χ2n) is 4.92. The Morgan fingerprint density at radius 1 is 1.33 bits per heavy atom. The van der Waals surface area contributed by atoms with Crippen LogP contribution in [0.15, 0.2) is 17.6 Å². The predicted molar refractivity (Wildman–Crippen MR) is 83.9 cm³/mol. The van der Waals surface area contributed by atoms with E-state index < -0.39 is 0 Å². The molecule has 0 atom stereocenters. The van der Waals surface area contributed by atoms with Gasteiger partial charge in [0.2, 0.25) is 0 Å². The van der Waals surface area contributed by atoms with Crippen LogP contribution in [-0.2, 0) is 16.9 Å². The van der Waals surface area contributed by atoms with Crippen LogP contribution in [0.25, 0.3) is 0 Å². The van der Waals surface area contributed by atoms with Crippen molar-refractivity contribution in [3.8, 4) is 0 Å². The van der Waals surface area contributed by atoms with Crippen LogP contribution < -0.4 is 16.6 Å². The quantitative estimate of drug-likeness (QED) is 0.532. The van der Waals surface area contributed by atoms with E-state index in [2.05, 4.69) is 25.7 Å². The summed E-state index contributed by atoms with van der Waals surface area (Å²) in [5, 5.41) is 6.29. The number of nitrogens with zero attached hydrogens (tertiary/aromatic N) is 3. The van der Waals surface area contributed by atoms with E-state index in [1.54, 1.807) is 23.6 Å². The Balaban J connectivity index is 2.22. The number of hydrazine groups is 1. The van der Waals surface area contributed by atoms with Crippen molar-refractivity contribution in [3.63, 3.8) is 0 Å². The van der Waals surface area contributed by atoms with Gasteiger partial charge in [-0.05, 0) is 20.8 Å². The average Bonchev–Trinajstić information content (AvgIpc) is 2.99. The van der Waals surface area contributed by atoms with Gasteiger partial charge in [0.05, 0.1) is 5.54 Å². The summed E-state index contributed by atoms with van der Waals surface area (Å²) in [5.41, 5.74) is 2.21. The van der Waals surface area contributed by atoms with Crippen molar-refractivity contribution in [1.29, 1.82) is 0 Å². The largest absolute Gasteiger partial charge is 0.374 e. The molecule has 0 spiro atoms. The summed E-state index contributed by atoms with van der Waals surface area (Å²) < 4.78 is 5.34. The Labute approximate surface area is 128 Å². The highest BCUT2D eigenvalue weighted by atomic mass is 32.1. The molecular weight excluding hydrogens is 288 g/mol. The van der Waals surface area contributed by atoms with E-state index in [4.69, 9.17) is 10.6 Å². The number of anilines is 2. The fraction of sp³-hybridized carbons (Fsp3) is 0.462. The van der Waals surface area contributed by atoms with Crippen LogP contribution >= 0.6 is 11.3 Å². The van der Waals surface area contributed by atoms with Crippen molar-refractivity contribution in [1.82, 2.24) is 15.0 Å². The Kier molecular flexibility index (Phi) is 5.05. The van der Waals surface area contributed by atoms with Gasteiger partial charge in [-0.15, -0.1) is 11.3 Å². The summed E-state index contributed by atoms with van der Waals surface area (Å²) in [6.07, 6.45) is 1.79. The van der Waals surface area contributed by atoms with Crippen molar-refractivity contribution < 1.29 is 4.74 Å². The summed E-state index contributed by atoms with van der Waals surface area (Å²) in [7, 11) is 0. The highest BCUT2D eigenvalue weighted by Crippen LogP contribution is 2.27. The lowest BCUT2D eigenvalue weighted by Gasteiger charge is -2.24. The van der Waals surface area contributed by atoms with Crippen molar-refractivity contribution in [2.75, 3.05) is 17.3 Å². The number of ether oxygens (including phenoxy) is 1. The normalized spacial score (nSPS) is 11.4. The monoisotopic (exact) mass is 308 g/mol. The number of hydrogen-bond donors (Lipinski definition) is 3. The lowest BCUT2D eigenvalue weighted by Crippen LogP contribution is -2.28. The molecular formula is C13H20N6OS. The van der Waals surface area contributed by atoms with Crippen LogP contribution in [0.2, 0.25) is 0 Å². The fourth-order valence-corrected chi connectivity index (χ4v) is 2.52. The minimum absolute atomic E-state index is 0.336. The summed E-state index contributed by atoms with van der Waals surface area (Å²) in [6, 6.07) is 1.75. The molecule has 0 aliphatic heterocycles. The first kappa shape index (κ1) is 15.6. The van der Waals surface area contributed by atoms with Gasteiger partial charge in [0, 0.05) is 24.3 Å². The predicted octanol–water partition coefficient (Wildman–Crippen LogP) is 2.10. The highest BCUT2D eigenvalue weighted by Gasteiger charge is 2.24. The number of nitrogen functional groups attached to an aromatic ring is 1. The minimum atomic E-state index is -0.336. The first-order chi connectivity index (χ1) is 10.0. The van der Waals surface area contributed by atoms with Gasteiger partial charge in [0.25, 0.3) is 0 Å². The molecule has 2 aromatic rings. The maximum atomic E-state index is 5.46. The number of nitrogens with one attached hydrogen (secondary N) is 2. The summed E-state index contributed by atoms with van der Waals surface area (Å²) in [5.74, 6) is 7.24. The number of thiazole rings is 1. The molecule has 21 heavy (non-hydrogen) atoms. The van der Waals surface area contributed by atoms with E-state index in [1.807, 2.05) is 26.2 Å². The van der Waals surface area contributed by atoms with Crippen LogP contribution in [0.1, 0.15) is 31.6 Å². The molecule has 0 aliphatic carbocycles. The van der Waals surface area contributed by atoms with Gasteiger partial charge in [0.1, 0.15) is 23.3 Å². The first-order valence-corrected chi connectivity index (χ1v) is 7.53. The van der Waals surface area contributed by atoms with Crippen LogP contribution in [0, 0.1) is 0 Å². The smallest absolute Gasteiger partial charge is 0.158 e. The molecule has 114 valence electrons. The molecule has 0 bridgehead atoms. The zero-order valence-electron chi connectivity index (χ0n) is 12.4. The van der Waals surface area contributed by atoms with Gasteiger partial charge in [-0.1, -0.05) is 0 Å². The van der Waals surface area contributed by atoms with E-state index in [9.17, 15) is 0 Å². The Morgan fingerprint density at radius 2 is 2.10 bits per heavy atom. The molecule has 0 saturated carbocycles. The van der Waals surface area contributed by atoms with Gasteiger partial charge >= 0.3 is 0 Å². The Morgan fingerprint density at radius 3 is 2.71 bits per heavy atom. The number of hydrogen-bond acceptors (Lipinski definition) is 8. The Bertz CT molecular complexity index is 572. The zero-order chi connectivity index (χ0) is 15.3. The van der Waals surface area contributed by atoms with Gasteiger partial charge in [-0.25, -0.2) is 20.8 Å². The van der Waals surface area contributed by atoms with Gasteiger partial charge < -0.3 is 15.5 Å². The molecule has 7 nitrogen and oxygen atoms in total. The maximum absolute atomic E-state index is 5.46. The molecule has 0 fully saturated rings. The average molecular weight is 308 g/mol. The van der Waals surface area contributed by atoms with Crippen molar-refractivity contribution in [2.45, 2.75) is 32.9 Å². The minimum Gasteiger partial charge on any atom is -0.374 e. The van der Waals surface area contributed by atoms with E-state index in [1.165, 1.54) is 0 Å². The third kappa shape index (κ3) is 4.10.